The lowest BCUT2D eigenvalue weighted by atomic mass is 9.95. The molecular formula is C14H20BrNO. The Balaban J connectivity index is 2.54. The van der Waals surface area contributed by atoms with Crippen molar-refractivity contribution in [2.24, 2.45) is 0 Å². The Morgan fingerprint density at radius 1 is 1.35 bits per heavy atom. The van der Waals surface area contributed by atoms with Gasteiger partial charge in [-0.15, -0.1) is 0 Å². The quantitative estimate of drug-likeness (QED) is 0.802. The van der Waals surface area contributed by atoms with Crippen LogP contribution < -0.4 is 5.32 Å². The molecular weight excluding hydrogens is 278 g/mol. The Morgan fingerprint density at radius 3 is 2.53 bits per heavy atom. The van der Waals surface area contributed by atoms with Gasteiger partial charge in [-0.1, -0.05) is 53.2 Å². The van der Waals surface area contributed by atoms with Crippen molar-refractivity contribution in [1.82, 2.24) is 5.32 Å². The van der Waals surface area contributed by atoms with Crippen LogP contribution in [0.4, 0.5) is 0 Å². The Labute approximate surface area is 112 Å². The van der Waals surface area contributed by atoms with Crippen LogP contribution in [0.15, 0.2) is 30.3 Å². The van der Waals surface area contributed by atoms with E-state index in [1.165, 1.54) is 0 Å². The van der Waals surface area contributed by atoms with Crippen molar-refractivity contribution in [1.29, 1.82) is 0 Å². The smallest absolute Gasteiger partial charge is 0.224 e. The number of hydrogen-bond acceptors (Lipinski definition) is 1. The van der Waals surface area contributed by atoms with Gasteiger partial charge in [0.15, 0.2) is 0 Å². The minimum absolute atomic E-state index is 0.0986. The molecule has 0 heterocycles. The summed E-state index contributed by atoms with van der Waals surface area (Å²) in [7, 11) is 0. The summed E-state index contributed by atoms with van der Waals surface area (Å²) < 4.78 is 0. The maximum absolute atomic E-state index is 11.9. The van der Waals surface area contributed by atoms with Gasteiger partial charge in [-0.05, 0) is 25.3 Å². The highest BCUT2D eigenvalue weighted by Gasteiger charge is 2.23. The largest absolute Gasteiger partial charge is 0.351 e. The normalized spacial score (nSPS) is 14.1. The van der Waals surface area contributed by atoms with Crippen LogP contribution in [0.25, 0.3) is 0 Å². The number of rotatable bonds is 6. The van der Waals surface area contributed by atoms with Crippen LogP contribution >= 0.6 is 15.9 Å². The van der Waals surface area contributed by atoms with Gasteiger partial charge in [-0.3, -0.25) is 4.79 Å². The molecule has 0 aliphatic carbocycles. The molecule has 1 amide bonds. The average Bonchev–Trinajstić information content (AvgIpc) is 2.30. The summed E-state index contributed by atoms with van der Waals surface area (Å²) in [5.41, 5.74) is 0.956. The molecule has 1 rings (SSSR count). The molecule has 94 valence electrons. The highest BCUT2D eigenvalue weighted by Crippen LogP contribution is 2.16. The maximum atomic E-state index is 11.9. The van der Waals surface area contributed by atoms with Crippen LogP contribution in [0.5, 0.6) is 0 Å². The van der Waals surface area contributed by atoms with Gasteiger partial charge >= 0.3 is 0 Å². The maximum Gasteiger partial charge on any atom is 0.224 e. The molecule has 2 nitrogen and oxygen atoms in total. The van der Waals surface area contributed by atoms with Gasteiger partial charge in [-0.25, -0.2) is 0 Å². The molecule has 1 unspecified atom stereocenters. The third-order valence-electron chi connectivity index (χ3n) is 3.08. The van der Waals surface area contributed by atoms with E-state index in [0.29, 0.717) is 6.42 Å². The van der Waals surface area contributed by atoms with Gasteiger partial charge in [0.05, 0.1) is 6.42 Å². The second-order valence-corrected chi connectivity index (χ2v) is 5.36. The predicted octanol–water partition coefficient (Wildman–Crippen LogP) is 3.30. The molecule has 0 fully saturated rings. The van der Waals surface area contributed by atoms with E-state index < -0.39 is 0 Å². The fraction of sp³-hybridized carbons (Fsp3) is 0.500. The number of benzene rings is 1. The third kappa shape index (κ3) is 4.90. The summed E-state index contributed by atoms with van der Waals surface area (Å²) in [6.45, 7) is 4.20. The summed E-state index contributed by atoms with van der Waals surface area (Å²) in [5.74, 6) is 0.0986. The minimum Gasteiger partial charge on any atom is -0.351 e. The predicted molar refractivity (Wildman–Crippen MR) is 75.4 cm³/mol. The van der Waals surface area contributed by atoms with Gasteiger partial charge in [0.1, 0.15) is 0 Å². The zero-order valence-corrected chi connectivity index (χ0v) is 12.1. The molecule has 0 saturated carbocycles. The lowest BCUT2D eigenvalue weighted by Gasteiger charge is -2.29. The molecule has 17 heavy (non-hydrogen) atoms. The molecule has 0 aliphatic rings. The highest BCUT2D eigenvalue weighted by molar-refractivity contribution is 9.09. The number of carbonyl (C=O) groups excluding carboxylic acids is 1. The first-order valence-corrected chi connectivity index (χ1v) is 7.12. The van der Waals surface area contributed by atoms with Crippen molar-refractivity contribution in [3.05, 3.63) is 35.9 Å². The molecule has 0 bridgehead atoms. The second-order valence-electron chi connectivity index (χ2n) is 4.56. The SMILES string of the molecule is CCC(C)(CCBr)NC(=O)Cc1ccccc1. The molecule has 3 heteroatoms. The average molecular weight is 298 g/mol. The first-order chi connectivity index (χ1) is 8.09. The fourth-order valence-corrected chi connectivity index (χ4v) is 2.57. The fourth-order valence-electron chi connectivity index (χ4n) is 1.70. The minimum atomic E-state index is -0.102. The molecule has 0 aromatic heterocycles. The second kappa shape index (κ2) is 6.80. The van der Waals surface area contributed by atoms with Crippen LogP contribution in [0, 0.1) is 0 Å². The summed E-state index contributed by atoms with van der Waals surface area (Å²) in [6.07, 6.45) is 2.35. The number of alkyl halides is 1. The first kappa shape index (κ1) is 14.2. The molecule has 1 aromatic rings. The van der Waals surface area contributed by atoms with Gasteiger partial charge in [-0.2, -0.15) is 0 Å². The van der Waals surface area contributed by atoms with Crippen molar-refractivity contribution >= 4 is 21.8 Å². The number of halogens is 1. The van der Waals surface area contributed by atoms with Gasteiger partial charge < -0.3 is 5.32 Å². The van der Waals surface area contributed by atoms with Crippen molar-refractivity contribution in [2.45, 2.75) is 38.6 Å². The van der Waals surface area contributed by atoms with Gasteiger partial charge in [0, 0.05) is 10.9 Å². The summed E-state index contributed by atoms with van der Waals surface area (Å²) in [6, 6.07) is 9.84. The standard InChI is InChI=1S/C14H20BrNO/c1-3-14(2,9-10-15)16-13(17)11-12-7-5-4-6-8-12/h4-8H,3,9-11H2,1-2H3,(H,16,17). The lowest BCUT2D eigenvalue weighted by Crippen LogP contribution is -2.46. The zero-order chi connectivity index (χ0) is 12.7. The topological polar surface area (TPSA) is 29.1 Å². The van der Waals surface area contributed by atoms with Gasteiger partial charge in [0.25, 0.3) is 0 Å². The van der Waals surface area contributed by atoms with Crippen LogP contribution in [0.2, 0.25) is 0 Å². The van der Waals surface area contributed by atoms with Crippen molar-refractivity contribution in [3.63, 3.8) is 0 Å². The van der Waals surface area contributed by atoms with Crippen LogP contribution in [-0.2, 0) is 11.2 Å². The van der Waals surface area contributed by atoms with Crippen molar-refractivity contribution < 1.29 is 4.79 Å². The van der Waals surface area contributed by atoms with E-state index in [9.17, 15) is 4.79 Å². The zero-order valence-electron chi connectivity index (χ0n) is 10.5. The summed E-state index contributed by atoms with van der Waals surface area (Å²) in [5, 5.41) is 4.03. The molecule has 0 spiro atoms. The molecule has 1 atom stereocenters. The lowest BCUT2D eigenvalue weighted by molar-refractivity contribution is -0.122. The molecule has 1 N–H and O–H groups in total. The van der Waals surface area contributed by atoms with Crippen molar-refractivity contribution in [3.8, 4) is 0 Å². The Bertz CT molecular complexity index is 352. The van der Waals surface area contributed by atoms with E-state index in [0.717, 1.165) is 23.7 Å². The van der Waals surface area contributed by atoms with Crippen LogP contribution in [0.3, 0.4) is 0 Å². The van der Waals surface area contributed by atoms with E-state index in [1.54, 1.807) is 0 Å². The Morgan fingerprint density at radius 2 is 2.00 bits per heavy atom. The summed E-state index contributed by atoms with van der Waals surface area (Å²) in [4.78, 5) is 11.9. The Kier molecular flexibility index (Phi) is 5.69. The van der Waals surface area contributed by atoms with Gasteiger partial charge in [0.2, 0.25) is 5.91 Å². The summed E-state index contributed by atoms with van der Waals surface area (Å²) >= 11 is 3.43. The van der Waals surface area contributed by atoms with E-state index in [-0.39, 0.29) is 11.4 Å². The highest BCUT2D eigenvalue weighted by atomic mass is 79.9. The molecule has 0 saturated heterocycles. The van der Waals surface area contributed by atoms with Crippen molar-refractivity contribution in [2.75, 3.05) is 5.33 Å². The van der Waals surface area contributed by atoms with E-state index in [1.807, 2.05) is 30.3 Å². The molecule has 1 aromatic carbocycles. The van der Waals surface area contributed by atoms with Crippen LogP contribution in [-0.4, -0.2) is 16.8 Å². The van der Waals surface area contributed by atoms with E-state index in [2.05, 4.69) is 35.1 Å². The number of amides is 1. The molecule has 0 radical (unpaired) electrons. The Hall–Kier alpha value is -0.830. The first-order valence-electron chi connectivity index (χ1n) is 6.00. The van der Waals surface area contributed by atoms with E-state index >= 15 is 0 Å². The number of hydrogen-bond donors (Lipinski definition) is 1. The van der Waals surface area contributed by atoms with Crippen LogP contribution in [0.1, 0.15) is 32.3 Å². The molecule has 0 aliphatic heterocycles. The van der Waals surface area contributed by atoms with E-state index in [4.69, 9.17) is 0 Å². The monoisotopic (exact) mass is 297 g/mol. The number of nitrogens with one attached hydrogen (secondary N) is 1. The third-order valence-corrected chi connectivity index (χ3v) is 3.47. The number of carbonyl (C=O) groups is 1.